The Kier molecular flexibility index (Phi) is 8.93. The van der Waals surface area contributed by atoms with Crippen LogP contribution in [0.4, 0.5) is 11.4 Å². The number of para-hydroxylation sites is 1. The topological polar surface area (TPSA) is 53.1 Å². The average Bonchev–Trinajstić information content (AvgIpc) is 3.81. The fraction of sp³-hybridized carbons (Fsp3) is 0.487. The Labute approximate surface area is 268 Å². The van der Waals surface area contributed by atoms with Gasteiger partial charge in [-0.05, 0) is 104 Å². The van der Waals surface area contributed by atoms with Crippen LogP contribution >= 0.6 is 0 Å². The summed E-state index contributed by atoms with van der Waals surface area (Å²) in [5.41, 5.74) is 5.37. The molecule has 1 amide bonds. The van der Waals surface area contributed by atoms with Gasteiger partial charge in [0, 0.05) is 56.6 Å². The molecule has 5 atom stereocenters. The van der Waals surface area contributed by atoms with Crippen LogP contribution in [0.25, 0.3) is 0 Å². The zero-order valence-electron chi connectivity index (χ0n) is 26.7. The third-order valence-corrected chi connectivity index (χ3v) is 11.2. The van der Waals surface area contributed by atoms with Gasteiger partial charge in [-0.2, -0.15) is 0 Å². The van der Waals surface area contributed by atoms with Crippen molar-refractivity contribution in [2.45, 2.75) is 64.5 Å². The van der Waals surface area contributed by atoms with Gasteiger partial charge in [-0.25, -0.2) is 4.79 Å². The van der Waals surface area contributed by atoms with E-state index < -0.39 is 0 Å². The number of carbonyl (C=O) groups is 2. The van der Waals surface area contributed by atoms with Gasteiger partial charge < -0.3 is 14.5 Å². The van der Waals surface area contributed by atoms with Gasteiger partial charge in [0.25, 0.3) is 0 Å². The van der Waals surface area contributed by atoms with Gasteiger partial charge in [0.2, 0.25) is 5.91 Å². The van der Waals surface area contributed by atoms with E-state index in [4.69, 9.17) is 4.74 Å². The summed E-state index contributed by atoms with van der Waals surface area (Å²) in [5, 5.41) is 0. The molecule has 6 nitrogen and oxygen atoms in total. The maximum Gasteiger partial charge on any atom is 0.338 e. The summed E-state index contributed by atoms with van der Waals surface area (Å²) in [6, 6.07) is 27.3. The van der Waals surface area contributed by atoms with Gasteiger partial charge in [0.1, 0.15) is 0 Å². The number of nitrogens with zero attached hydrogens (tertiary/aromatic N) is 3. The second-order valence-electron chi connectivity index (χ2n) is 13.6. The second-order valence-corrected chi connectivity index (χ2v) is 13.6. The number of fused-ring (bicyclic) bond motifs is 5. The SMILES string of the molecule is CCOC(=O)c1ccc(N2CCN(Cc3ccccc3N(C(=O)CCc3ccccc3)C3CC4CC3C3CCCC43)CC2)cc1. The van der Waals surface area contributed by atoms with Crippen LogP contribution in [0.3, 0.4) is 0 Å². The van der Waals surface area contributed by atoms with E-state index in [0.29, 0.717) is 30.6 Å². The maximum atomic E-state index is 14.3. The predicted molar refractivity (Wildman–Crippen MR) is 179 cm³/mol. The Hall–Kier alpha value is -3.64. The van der Waals surface area contributed by atoms with E-state index in [1.807, 2.05) is 37.3 Å². The van der Waals surface area contributed by atoms with E-state index in [2.05, 4.69) is 63.2 Å². The number of carbonyl (C=O) groups excluding carboxylic acids is 2. The Morgan fingerprint density at radius 1 is 0.822 bits per heavy atom. The zero-order valence-corrected chi connectivity index (χ0v) is 26.7. The molecule has 2 bridgehead atoms. The first kappa shape index (κ1) is 30.0. The van der Waals surface area contributed by atoms with Gasteiger partial charge in [-0.1, -0.05) is 55.0 Å². The number of amides is 1. The molecule has 0 radical (unpaired) electrons. The van der Waals surface area contributed by atoms with Crippen molar-refractivity contribution in [1.82, 2.24) is 4.90 Å². The number of hydrogen-bond donors (Lipinski definition) is 0. The number of aryl methyl sites for hydroxylation is 1. The Morgan fingerprint density at radius 2 is 1.56 bits per heavy atom. The van der Waals surface area contributed by atoms with Crippen LogP contribution in [0.2, 0.25) is 0 Å². The highest BCUT2D eigenvalue weighted by Crippen LogP contribution is 2.60. The molecule has 7 rings (SSSR count). The number of piperazine rings is 1. The number of esters is 1. The minimum atomic E-state index is -0.270. The largest absolute Gasteiger partial charge is 0.462 e. The van der Waals surface area contributed by atoms with Crippen LogP contribution < -0.4 is 9.80 Å². The number of benzene rings is 3. The first-order valence-electron chi connectivity index (χ1n) is 17.3. The van der Waals surface area contributed by atoms with E-state index in [1.165, 1.54) is 43.2 Å². The Balaban J connectivity index is 1.06. The van der Waals surface area contributed by atoms with Gasteiger partial charge in [-0.15, -0.1) is 0 Å². The number of ether oxygens (including phenoxy) is 1. The molecule has 6 heteroatoms. The monoisotopic (exact) mass is 605 g/mol. The van der Waals surface area contributed by atoms with Crippen LogP contribution in [0.1, 0.15) is 66.9 Å². The zero-order chi connectivity index (χ0) is 30.8. The molecule has 5 unspecified atom stereocenters. The smallest absolute Gasteiger partial charge is 0.338 e. The van der Waals surface area contributed by atoms with Crippen molar-refractivity contribution in [2.75, 3.05) is 42.6 Å². The van der Waals surface area contributed by atoms with Crippen LogP contribution in [0.5, 0.6) is 0 Å². The van der Waals surface area contributed by atoms with Gasteiger partial charge in [0.05, 0.1) is 12.2 Å². The molecule has 4 fully saturated rings. The first-order valence-corrected chi connectivity index (χ1v) is 17.3. The summed E-state index contributed by atoms with van der Waals surface area (Å²) in [7, 11) is 0. The molecule has 3 saturated carbocycles. The second kappa shape index (κ2) is 13.4. The van der Waals surface area contributed by atoms with Crippen LogP contribution in [-0.4, -0.2) is 55.6 Å². The van der Waals surface area contributed by atoms with E-state index in [0.717, 1.165) is 68.3 Å². The van der Waals surface area contributed by atoms with Gasteiger partial charge in [-0.3, -0.25) is 9.69 Å². The lowest BCUT2D eigenvalue weighted by molar-refractivity contribution is -0.119. The number of rotatable bonds is 10. The van der Waals surface area contributed by atoms with Crippen molar-refractivity contribution in [3.05, 3.63) is 95.6 Å². The lowest BCUT2D eigenvalue weighted by Crippen LogP contribution is -2.48. The minimum absolute atomic E-state index is 0.270. The molecule has 1 saturated heterocycles. The third kappa shape index (κ3) is 6.27. The predicted octanol–water partition coefficient (Wildman–Crippen LogP) is 6.98. The van der Waals surface area contributed by atoms with Gasteiger partial charge >= 0.3 is 5.97 Å². The molecule has 1 heterocycles. The molecule has 3 aromatic rings. The lowest BCUT2D eigenvalue weighted by Gasteiger charge is -2.41. The fourth-order valence-corrected chi connectivity index (χ4v) is 9.15. The van der Waals surface area contributed by atoms with Crippen molar-refractivity contribution in [1.29, 1.82) is 0 Å². The van der Waals surface area contributed by atoms with Crippen LogP contribution in [0.15, 0.2) is 78.9 Å². The molecule has 0 spiro atoms. The standard InChI is InChI=1S/C39H47N3O3/c1-2-45-39(44)29-16-18-32(19-17-29)41-23-21-40(22-24-41)27-30-11-6-7-14-36(30)42(38(43)20-15-28-9-4-3-5-10-28)37-26-31-25-35(37)34-13-8-12-33(31)34/h3-7,9-11,14,16-19,31,33-35,37H,2,8,12-13,15,20-27H2,1H3. The van der Waals surface area contributed by atoms with Crippen molar-refractivity contribution in [2.24, 2.45) is 23.7 Å². The fourth-order valence-electron chi connectivity index (χ4n) is 9.15. The van der Waals surface area contributed by atoms with Crippen molar-refractivity contribution >= 4 is 23.3 Å². The molecule has 4 aliphatic rings. The Morgan fingerprint density at radius 3 is 2.33 bits per heavy atom. The molecule has 1 aliphatic heterocycles. The van der Waals surface area contributed by atoms with E-state index in [-0.39, 0.29) is 11.9 Å². The highest BCUT2D eigenvalue weighted by molar-refractivity contribution is 5.95. The van der Waals surface area contributed by atoms with Crippen molar-refractivity contribution in [3.63, 3.8) is 0 Å². The number of hydrogen-bond acceptors (Lipinski definition) is 5. The third-order valence-electron chi connectivity index (χ3n) is 11.2. The Bertz CT molecular complexity index is 1470. The van der Waals surface area contributed by atoms with Crippen molar-refractivity contribution in [3.8, 4) is 0 Å². The quantitative estimate of drug-likeness (QED) is 0.234. The molecular weight excluding hydrogens is 558 g/mol. The van der Waals surface area contributed by atoms with Crippen LogP contribution in [-0.2, 0) is 22.5 Å². The van der Waals surface area contributed by atoms with Crippen LogP contribution in [0, 0.1) is 23.7 Å². The molecule has 45 heavy (non-hydrogen) atoms. The minimum Gasteiger partial charge on any atom is -0.462 e. The van der Waals surface area contributed by atoms with E-state index >= 15 is 0 Å². The molecule has 3 aliphatic carbocycles. The summed E-state index contributed by atoms with van der Waals surface area (Å²) in [6.07, 6.45) is 7.94. The maximum absolute atomic E-state index is 14.3. The summed E-state index contributed by atoms with van der Waals surface area (Å²) in [4.78, 5) is 33.6. The summed E-state index contributed by atoms with van der Waals surface area (Å²) in [6.45, 7) is 6.82. The normalized spacial score (nSPS) is 25.7. The number of anilines is 2. The summed E-state index contributed by atoms with van der Waals surface area (Å²) < 4.78 is 5.14. The van der Waals surface area contributed by atoms with Gasteiger partial charge in [0.15, 0.2) is 0 Å². The van der Waals surface area contributed by atoms with Crippen molar-refractivity contribution < 1.29 is 14.3 Å². The molecule has 236 valence electrons. The average molecular weight is 606 g/mol. The van der Waals surface area contributed by atoms with E-state index in [9.17, 15) is 9.59 Å². The summed E-state index contributed by atoms with van der Waals surface area (Å²) in [5.74, 6) is 3.17. The highest BCUT2D eigenvalue weighted by Gasteiger charge is 2.56. The highest BCUT2D eigenvalue weighted by atomic mass is 16.5. The molecule has 0 aromatic heterocycles. The van der Waals surface area contributed by atoms with E-state index in [1.54, 1.807) is 0 Å². The molecule has 3 aromatic carbocycles. The molecular formula is C39H47N3O3. The summed E-state index contributed by atoms with van der Waals surface area (Å²) >= 11 is 0. The first-order chi connectivity index (χ1) is 22.1. The lowest BCUT2D eigenvalue weighted by atomic mass is 9.78. The molecule has 0 N–H and O–H groups in total.